The van der Waals surface area contributed by atoms with Gasteiger partial charge in [0.05, 0.1) is 5.54 Å². The van der Waals surface area contributed by atoms with E-state index in [0.717, 1.165) is 10.9 Å². The maximum atomic E-state index is 5.67. The van der Waals surface area contributed by atoms with Gasteiger partial charge in [0.2, 0.25) is 0 Å². The molecular formula is C10H11BrN2. The van der Waals surface area contributed by atoms with E-state index in [1.807, 2.05) is 12.2 Å². The fraction of sp³-hybridized carbons (Fsp3) is 0.300. The van der Waals surface area contributed by atoms with Crippen LogP contribution in [0.15, 0.2) is 39.4 Å². The predicted octanol–water partition coefficient (Wildman–Crippen LogP) is 2.28. The van der Waals surface area contributed by atoms with Gasteiger partial charge in [-0.3, -0.25) is 4.99 Å². The second-order valence-electron chi connectivity index (χ2n) is 3.54. The summed E-state index contributed by atoms with van der Waals surface area (Å²) in [6.07, 6.45) is 9.01. The molecule has 0 aromatic heterocycles. The summed E-state index contributed by atoms with van der Waals surface area (Å²) in [5.41, 5.74) is 6.74. The van der Waals surface area contributed by atoms with E-state index in [-0.39, 0.29) is 5.54 Å². The normalized spacial score (nSPS) is 31.7. The third-order valence-electron chi connectivity index (χ3n) is 2.42. The van der Waals surface area contributed by atoms with Gasteiger partial charge in [0.1, 0.15) is 5.84 Å². The molecule has 2 rings (SSSR count). The van der Waals surface area contributed by atoms with Crippen molar-refractivity contribution in [3.05, 3.63) is 34.4 Å². The summed E-state index contributed by atoms with van der Waals surface area (Å²) in [6.45, 7) is 2.10. The Balaban J connectivity index is 2.45. The van der Waals surface area contributed by atoms with Crippen molar-refractivity contribution in [3.8, 4) is 0 Å². The molecule has 0 fully saturated rings. The molecular weight excluding hydrogens is 228 g/mol. The number of rotatable bonds is 0. The van der Waals surface area contributed by atoms with Gasteiger partial charge < -0.3 is 5.73 Å². The quantitative estimate of drug-likeness (QED) is 0.691. The molecule has 1 atom stereocenters. The van der Waals surface area contributed by atoms with Gasteiger partial charge in [-0.05, 0) is 31.1 Å². The van der Waals surface area contributed by atoms with Crippen LogP contribution in [0, 0.1) is 0 Å². The number of dihydropyridines is 1. The van der Waals surface area contributed by atoms with E-state index in [9.17, 15) is 0 Å². The molecule has 0 spiro atoms. The molecule has 0 radical (unpaired) electrons. The first-order chi connectivity index (χ1) is 6.10. The zero-order valence-corrected chi connectivity index (χ0v) is 9.01. The lowest BCUT2D eigenvalue weighted by Gasteiger charge is -2.31. The number of halogens is 1. The van der Waals surface area contributed by atoms with E-state index in [2.05, 4.69) is 40.0 Å². The molecule has 1 unspecified atom stereocenters. The maximum Gasteiger partial charge on any atom is 0.119 e. The average Bonchev–Trinajstić information content (AvgIpc) is 2.06. The highest BCUT2D eigenvalue weighted by Gasteiger charge is 2.30. The van der Waals surface area contributed by atoms with Crippen molar-refractivity contribution in [2.45, 2.75) is 18.9 Å². The van der Waals surface area contributed by atoms with Crippen LogP contribution in [0.25, 0.3) is 0 Å². The van der Waals surface area contributed by atoms with E-state index in [1.165, 1.54) is 5.57 Å². The Morgan fingerprint density at radius 2 is 2.31 bits per heavy atom. The van der Waals surface area contributed by atoms with Crippen molar-refractivity contribution in [3.63, 3.8) is 0 Å². The van der Waals surface area contributed by atoms with Crippen molar-refractivity contribution in [2.75, 3.05) is 0 Å². The van der Waals surface area contributed by atoms with Gasteiger partial charge in [0.15, 0.2) is 0 Å². The minimum absolute atomic E-state index is 0.143. The summed E-state index contributed by atoms with van der Waals surface area (Å²) < 4.78 is 1.13. The average molecular weight is 239 g/mol. The second-order valence-corrected chi connectivity index (χ2v) is 4.45. The molecule has 3 heteroatoms. The highest BCUT2D eigenvalue weighted by molar-refractivity contribution is 9.11. The zero-order valence-electron chi connectivity index (χ0n) is 7.42. The predicted molar refractivity (Wildman–Crippen MR) is 58.9 cm³/mol. The number of amidine groups is 1. The lowest BCUT2D eigenvalue weighted by atomic mass is 9.84. The van der Waals surface area contributed by atoms with Crippen LogP contribution in [0.1, 0.15) is 13.3 Å². The Labute approximate surface area is 86.0 Å². The molecule has 1 heterocycles. The van der Waals surface area contributed by atoms with Crippen LogP contribution in [0.3, 0.4) is 0 Å². The number of hydrogen-bond donors (Lipinski definition) is 1. The highest BCUT2D eigenvalue weighted by Crippen LogP contribution is 2.35. The Kier molecular flexibility index (Phi) is 1.91. The van der Waals surface area contributed by atoms with Crippen LogP contribution in [-0.4, -0.2) is 11.4 Å². The molecule has 13 heavy (non-hydrogen) atoms. The molecule has 0 amide bonds. The number of nitrogens with zero attached hydrogens (tertiary/aromatic N) is 1. The summed E-state index contributed by atoms with van der Waals surface area (Å²) in [4.78, 5) is 4.44. The van der Waals surface area contributed by atoms with Gasteiger partial charge in [-0.25, -0.2) is 0 Å². The largest absolute Gasteiger partial charge is 0.384 e. The van der Waals surface area contributed by atoms with Crippen LogP contribution < -0.4 is 5.73 Å². The van der Waals surface area contributed by atoms with Crippen LogP contribution in [-0.2, 0) is 0 Å². The Morgan fingerprint density at radius 1 is 1.54 bits per heavy atom. The molecule has 2 nitrogen and oxygen atoms in total. The highest BCUT2D eigenvalue weighted by atomic mass is 79.9. The number of fused-ring (bicyclic) bond motifs is 1. The minimum atomic E-state index is -0.143. The first kappa shape index (κ1) is 8.75. The third-order valence-corrected chi connectivity index (χ3v) is 2.97. The van der Waals surface area contributed by atoms with Gasteiger partial charge in [-0.2, -0.15) is 0 Å². The Hall–Kier alpha value is -0.830. The maximum absolute atomic E-state index is 5.67. The molecule has 0 saturated carbocycles. The third kappa shape index (κ3) is 1.48. The summed E-state index contributed by atoms with van der Waals surface area (Å²) in [7, 11) is 0. The molecule has 68 valence electrons. The number of aliphatic imine (C=N–C) groups is 1. The Bertz CT molecular complexity index is 363. The smallest absolute Gasteiger partial charge is 0.119 e. The van der Waals surface area contributed by atoms with E-state index in [0.29, 0.717) is 5.84 Å². The first-order valence-electron chi connectivity index (χ1n) is 4.21. The molecule has 1 aliphatic carbocycles. The Morgan fingerprint density at radius 3 is 3.08 bits per heavy atom. The zero-order chi connectivity index (χ0) is 9.47. The SMILES string of the molecule is CC12CC=C(Br)C=C1C=CC(N)=N2. The number of nitrogens with two attached hydrogens (primary N) is 1. The molecule has 0 aromatic carbocycles. The lowest BCUT2D eigenvalue weighted by molar-refractivity contribution is 0.563. The molecule has 2 aliphatic rings. The van der Waals surface area contributed by atoms with Crippen molar-refractivity contribution < 1.29 is 0 Å². The summed E-state index contributed by atoms with van der Waals surface area (Å²) in [5.74, 6) is 0.617. The van der Waals surface area contributed by atoms with Crippen LogP contribution in [0.4, 0.5) is 0 Å². The van der Waals surface area contributed by atoms with E-state index < -0.39 is 0 Å². The molecule has 0 bridgehead atoms. The van der Waals surface area contributed by atoms with Gasteiger partial charge in [-0.15, -0.1) is 0 Å². The van der Waals surface area contributed by atoms with Gasteiger partial charge >= 0.3 is 0 Å². The van der Waals surface area contributed by atoms with E-state index in [1.54, 1.807) is 0 Å². The second kappa shape index (κ2) is 2.84. The summed E-state index contributed by atoms with van der Waals surface area (Å²) >= 11 is 3.46. The fourth-order valence-corrected chi connectivity index (χ4v) is 2.02. The van der Waals surface area contributed by atoms with Crippen LogP contribution >= 0.6 is 15.9 Å². The summed E-state index contributed by atoms with van der Waals surface area (Å²) in [6, 6.07) is 0. The standard InChI is InChI=1S/C10H11BrN2/c1-10-5-4-8(11)6-7(10)2-3-9(12)13-10/h2-4,6H,5H2,1H3,(H2,12,13). The molecule has 0 saturated heterocycles. The van der Waals surface area contributed by atoms with Gasteiger partial charge in [0, 0.05) is 4.48 Å². The van der Waals surface area contributed by atoms with E-state index in [4.69, 9.17) is 5.73 Å². The van der Waals surface area contributed by atoms with Crippen molar-refractivity contribution in [1.29, 1.82) is 0 Å². The molecule has 0 aromatic rings. The monoisotopic (exact) mass is 238 g/mol. The number of hydrogen-bond acceptors (Lipinski definition) is 2. The summed E-state index contributed by atoms with van der Waals surface area (Å²) in [5, 5.41) is 0. The van der Waals surface area contributed by atoms with Gasteiger partial charge in [-0.1, -0.05) is 28.1 Å². The topological polar surface area (TPSA) is 38.4 Å². The minimum Gasteiger partial charge on any atom is -0.384 e. The van der Waals surface area contributed by atoms with Gasteiger partial charge in [0.25, 0.3) is 0 Å². The molecule has 1 aliphatic heterocycles. The van der Waals surface area contributed by atoms with Crippen molar-refractivity contribution >= 4 is 21.8 Å². The number of allylic oxidation sites excluding steroid dienone is 2. The van der Waals surface area contributed by atoms with Crippen LogP contribution in [0.2, 0.25) is 0 Å². The molecule has 2 N–H and O–H groups in total. The van der Waals surface area contributed by atoms with Crippen molar-refractivity contribution in [2.24, 2.45) is 10.7 Å². The van der Waals surface area contributed by atoms with Crippen LogP contribution in [0.5, 0.6) is 0 Å². The lowest BCUT2D eigenvalue weighted by Crippen LogP contribution is -2.31. The van der Waals surface area contributed by atoms with E-state index >= 15 is 0 Å². The van der Waals surface area contributed by atoms with Crippen molar-refractivity contribution in [1.82, 2.24) is 0 Å². The first-order valence-corrected chi connectivity index (χ1v) is 5.01. The fourth-order valence-electron chi connectivity index (χ4n) is 1.61.